The Morgan fingerprint density at radius 2 is 1.73 bits per heavy atom. The van der Waals surface area contributed by atoms with E-state index in [4.69, 9.17) is 9.47 Å². The van der Waals surface area contributed by atoms with E-state index in [2.05, 4.69) is 26.1 Å². The van der Waals surface area contributed by atoms with Gasteiger partial charge in [0.25, 0.3) is 5.91 Å². The van der Waals surface area contributed by atoms with Gasteiger partial charge in [0, 0.05) is 11.8 Å². The Morgan fingerprint density at radius 3 is 2.27 bits per heavy atom. The van der Waals surface area contributed by atoms with Gasteiger partial charge < -0.3 is 19.9 Å². The van der Waals surface area contributed by atoms with E-state index in [1.165, 1.54) is 25.3 Å². The molecule has 0 saturated heterocycles. The number of benzene rings is 2. The van der Waals surface area contributed by atoms with E-state index in [9.17, 15) is 14.7 Å². The summed E-state index contributed by atoms with van der Waals surface area (Å²) in [4.78, 5) is 23.9. The summed E-state index contributed by atoms with van der Waals surface area (Å²) in [6.45, 7) is 5.86. The largest absolute Gasteiger partial charge is 0.507 e. The van der Waals surface area contributed by atoms with Crippen LogP contribution in [0.4, 0.5) is 5.69 Å². The minimum Gasteiger partial charge on any atom is -0.507 e. The van der Waals surface area contributed by atoms with Crippen LogP contribution in [-0.4, -0.2) is 30.7 Å². The maximum atomic E-state index is 12.0. The summed E-state index contributed by atoms with van der Waals surface area (Å²) >= 11 is 0. The summed E-state index contributed by atoms with van der Waals surface area (Å²) in [5.74, 6) is -1.11. The van der Waals surface area contributed by atoms with Crippen molar-refractivity contribution in [3.63, 3.8) is 0 Å². The zero-order chi connectivity index (χ0) is 19.3. The van der Waals surface area contributed by atoms with Crippen LogP contribution in [0.5, 0.6) is 11.5 Å². The number of hydrogen-bond donors (Lipinski definition) is 2. The van der Waals surface area contributed by atoms with Crippen LogP contribution < -0.4 is 10.1 Å². The van der Waals surface area contributed by atoms with E-state index >= 15 is 0 Å². The minimum absolute atomic E-state index is 0.0262. The molecule has 0 unspecified atom stereocenters. The Bertz CT molecular complexity index is 791. The lowest BCUT2D eigenvalue weighted by Crippen LogP contribution is -2.21. The monoisotopic (exact) mass is 357 g/mol. The third-order valence-electron chi connectivity index (χ3n) is 3.79. The molecular weight excluding hydrogens is 334 g/mol. The predicted molar refractivity (Wildman–Crippen MR) is 98.7 cm³/mol. The molecule has 0 radical (unpaired) electrons. The lowest BCUT2D eigenvalue weighted by molar-refractivity contribution is -0.119. The van der Waals surface area contributed by atoms with Crippen LogP contribution in [0.25, 0.3) is 0 Å². The van der Waals surface area contributed by atoms with Gasteiger partial charge in [-0.15, -0.1) is 0 Å². The number of hydrogen-bond acceptors (Lipinski definition) is 5. The van der Waals surface area contributed by atoms with Crippen molar-refractivity contribution in [3.05, 3.63) is 53.6 Å². The van der Waals surface area contributed by atoms with Gasteiger partial charge in [-0.05, 0) is 35.2 Å². The van der Waals surface area contributed by atoms with Gasteiger partial charge in [-0.3, -0.25) is 4.79 Å². The van der Waals surface area contributed by atoms with E-state index in [0.717, 1.165) is 5.56 Å². The Balaban J connectivity index is 1.91. The van der Waals surface area contributed by atoms with Gasteiger partial charge in [0.1, 0.15) is 17.1 Å². The van der Waals surface area contributed by atoms with Crippen LogP contribution in [0.2, 0.25) is 0 Å². The minimum atomic E-state index is -0.789. The fourth-order valence-corrected chi connectivity index (χ4v) is 2.27. The average Bonchev–Trinajstić information content (AvgIpc) is 2.59. The standard InChI is InChI=1S/C20H23NO5/c1-20(2,3)13-5-7-14(8-6-13)21-18(23)12-26-19(24)16-10-9-15(25-4)11-17(16)22/h5-11,22H,12H2,1-4H3,(H,21,23). The van der Waals surface area contributed by atoms with Crippen molar-refractivity contribution in [2.75, 3.05) is 19.0 Å². The second-order valence-corrected chi connectivity index (χ2v) is 6.83. The van der Waals surface area contributed by atoms with E-state index < -0.39 is 18.5 Å². The van der Waals surface area contributed by atoms with Gasteiger partial charge in [0.15, 0.2) is 6.61 Å². The van der Waals surface area contributed by atoms with Crippen LogP contribution in [0.3, 0.4) is 0 Å². The molecule has 6 heteroatoms. The summed E-state index contributed by atoms with van der Waals surface area (Å²) < 4.78 is 9.89. The lowest BCUT2D eigenvalue weighted by atomic mass is 9.87. The van der Waals surface area contributed by atoms with E-state index in [1.54, 1.807) is 12.1 Å². The van der Waals surface area contributed by atoms with Crippen molar-refractivity contribution in [2.24, 2.45) is 0 Å². The maximum absolute atomic E-state index is 12.0. The molecule has 0 aromatic heterocycles. The van der Waals surface area contributed by atoms with Crippen LogP contribution in [-0.2, 0) is 14.9 Å². The maximum Gasteiger partial charge on any atom is 0.342 e. The molecule has 0 bridgehead atoms. The molecule has 2 aromatic carbocycles. The van der Waals surface area contributed by atoms with Crippen molar-refractivity contribution in [2.45, 2.75) is 26.2 Å². The Hall–Kier alpha value is -3.02. The summed E-state index contributed by atoms with van der Waals surface area (Å²) in [7, 11) is 1.45. The smallest absolute Gasteiger partial charge is 0.342 e. The number of carbonyl (C=O) groups is 2. The first-order valence-corrected chi connectivity index (χ1v) is 8.15. The third kappa shape index (κ3) is 4.99. The number of amides is 1. The molecule has 0 aliphatic carbocycles. The number of aromatic hydroxyl groups is 1. The molecule has 2 N–H and O–H groups in total. The van der Waals surface area contributed by atoms with Crippen LogP contribution in [0, 0.1) is 0 Å². The summed E-state index contributed by atoms with van der Waals surface area (Å²) in [5, 5.41) is 12.5. The molecule has 0 atom stereocenters. The van der Waals surface area contributed by atoms with Crippen molar-refractivity contribution in [3.8, 4) is 11.5 Å². The molecule has 1 amide bonds. The van der Waals surface area contributed by atoms with Gasteiger partial charge in [-0.2, -0.15) is 0 Å². The van der Waals surface area contributed by atoms with Gasteiger partial charge in [0.2, 0.25) is 0 Å². The number of esters is 1. The molecule has 2 aromatic rings. The van der Waals surface area contributed by atoms with Crippen molar-refractivity contribution in [1.29, 1.82) is 0 Å². The molecule has 2 rings (SSSR count). The number of anilines is 1. The first-order chi connectivity index (χ1) is 12.2. The summed E-state index contributed by atoms with van der Waals surface area (Å²) in [6.07, 6.45) is 0. The van der Waals surface area contributed by atoms with Crippen molar-refractivity contribution >= 4 is 17.6 Å². The van der Waals surface area contributed by atoms with Crippen molar-refractivity contribution < 1.29 is 24.2 Å². The number of phenolic OH excluding ortho intramolecular Hbond substituents is 1. The molecule has 26 heavy (non-hydrogen) atoms. The predicted octanol–water partition coefficient (Wildman–Crippen LogP) is 3.49. The second kappa shape index (κ2) is 7.91. The molecule has 0 heterocycles. The van der Waals surface area contributed by atoms with Crippen molar-refractivity contribution in [1.82, 2.24) is 0 Å². The Labute approximate surface area is 152 Å². The highest BCUT2D eigenvalue weighted by Gasteiger charge is 2.16. The number of nitrogens with one attached hydrogen (secondary N) is 1. The number of carbonyl (C=O) groups excluding carboxylic acids is 2. The molecule has 0 fully saturated rings. The lowest BCUT2D eigenvalue weighted by Gasteiger charge is -2.19. The molecule has 138 valence electrons. The zero-order valence-electron chi connectivity index (χ0n) is 15.3. The fourth-order valence-electron chi connectivity index (χ4n) is 2.27. The quantitative estimate of drug-likeness (QED) is 0.800. The highest BCUT2D eigenvalue weighted by Crippen LogP contribution is 2.24. The molecular formula is C20H23NO5. The molecule has 6 nitrogen and oxygen atoms in total. The Kier molecular flexibility index (Phi) is 5.87. The van der Waals surface area contributed by atoms with Gasteiger partial charge in [-0.1, -0.05) is 32.9 Å². The van der Waals surface area contributed by atoms with Gasteiger partial charge in [0.05, 0.1) is 7.11 Å². The molecule has 0 aliphatic rings. The topological polar surface area (TPSA) is 84.9 Å². The summed E-state index contributed by atoms with van der Waals surface area (Å²) in [5.41, 5.74) is 1.76. The van der Waals surface area contributed by atoms with Gasteiger partial charge in [-0.25, -0.2) is 4.79 Å². The molecule has 0 aliphatic heterocycles. The first kappa shape index (κ1) is 19.3. The SMILES string of the molecule is COc1ccc(C(=O)OCC(=O)Nc2ccc(C(C)(C)C)cc2)c(O)c1. The average molecular weight is 357 g/mol. The number of rotatable bonds is 5. The fraction of sp³-hybridized carbons (Fsp3) is 0.300. The number of ether oxygens (including phenoxy) is 2. The zero-order valence-corrected chi connectivity index (χ0v) is 15.3. The van der Waals surface area contributed by atoms with Crippen LogP contribution in [0.15, 0.2) is 42.5 Å². The summed E-state index contributed by atoms with van der Waals surface area (Å²) in [6, 6.07) is 11.7. The highest BCUT2D eigenvalue weighted by molar-refractivity contribution is 5.96. The van der Waals surface area contributed by atoms with E-state index in [-0.39, 0.29) is 16.7 Å². The number of phenols is 1. The second-order valence-electron chi connectivity index (χ2n) is 6.83. The van der Waals surface area contributed by atoms with E-state index in [1.807, 2.05) is 12.1 Å². The van der Waals surface area contributed by atoms with E-state index in [0.29, 0.717) is 11.4 Å². The highest BCUT2D eigenvalue weighted by atomic mass is 16.5. The Morgan fingerprint density at radius 1 is 1.08 bits per heavy atom. The van der Waals surface area contributed by atoms with Crippen LogP contribution in [0.1, 0.15) is 36.7 Å². The number of methoxy groups -OCH3 is 1. The van der Waals surface area contributed by atoms with Crippen LogP contribution >= 0.6 is 0 Å². The third-order valence-corrected chi connectivity index (χ3v) is 3.79. The molecule has 0 saturated carbocycles. The normalized spacial score (nSPS) is 10.9. The molecule has 0 spiro atoms. The first-order valence-electron chi connectivity index (χ1n) is 8.15. The van der Waals surface area contributed by atoms with Gasteiger partial charge >= 0.3 is 5.97 Å².